The van der Waals surface area contributed by atoms with E-state index in [1.54, 1.807) is 0 Å². The van der Waals surface area contributed by atoms with Crippen LogP contribution in [0.1, 0.15) is 37.0 Å². The van der Waals surface area contributed by atoms with Crippen molar-refractivity contribution in [3.63, 3.8) is 0 Å². The number of amides is 2. The second kappa shape index (κ2) is 5.57. The topological polar surface area (TPSA) is 91.6 Å². The molecule has 18 heavy (non-hydrogen) atoms. The lowest BCUT2D eigenvalue weighted by Gasteiger charge is -2.15. The molecule has 1 rings (SSSR count). The lowest BCUT2D eigenvalue weighted by molar-refractivity contribution is -0.138. The Morgan fingerprint density at radius 2 is 1.89 bits per heavy atom. The van der Waals surface area contributed by atoms with Gasteiger partial charge in [0.25, 0.3) is 0 Å². The molecular formula is C12H18N2O4. The molecule has 0 aliphatic heterocycles. The highest BCUT2D eigenvalue weighted by atomic mass is 16.4. The Kier molecular flexibility index (Phi) is 4.36. The molecule has 0 saturated carbocycles. The number of carboxylic acids is 1. The van der Waals surface area contributed by atoms with Crippen molar-refractivity contribution in [1.82, 2.24) is 10.6 Å². The second-order valence-corrected chi connectivity index (χ2v) is 4.27. The Bertz CT molecular complexity index is 453. The van der Waals surface area contributed by atoms with E-state index in [2.05, 4.69) is 10.6 Å². The zero-order chi connectivity index (χ0) is 13.9. The van der Waals surface area contributed by atoms with Gasteiger partial charge in [-0.15, -0.1) is 0 Å². The maximum absolute atomic E-state index is 11.5. The Morgan fingerprint density at radius 1 is 1.28 bits per heavy atom. The molecule has 0 fully saturated rings. The van der Waals surface area contributed by atoms with Crippen molar-refractivity contribution in [3.8, 4) is 0 Å². The Labute approximate surface area is 105 Å². The zero-order valence-electron chi connectivity index (χ0n) is 10.9. The molecule has 6 heteroatoms. The summed E-state index contributed by atoms with van der Waals surface area (Å²) >= 11 is 0. The lowest BCUT2D eigenvalue weighted by atomic mass is 10.1. The van der Waals surface area contributed by atoms with Gasteiger partial charge in [0.15, 0.2) is 0 Å². The van der Waals surface area contributed by atoms with Crippen molar-refractivity contribution in [2.45, 2.75) is 39.8 Å². The Morgan fingerprint density at radius 3 is 2.33 bits per heavy atom. The second-order valence-electron chi connectivity index (χ2n) is 4.27. The first-order valence-corrected chi connectivity index (χ1v) is 5.68. The molecule has 2 amide bonds. The minimum absolute atomic E-state index is 0.247. The molecule has 0 aliphatic rings. The number of furan rings is 1. The van der Waals surface area contributed by atoms with Crippen LogP contribution in [0, 0.1) is 13.8 Å². The first kappa shape index (κ1) is 14.1. The lowest BCUT2D eigenvalue weighted by Crippen LogP contribution is -2.45. The van der Waals surface area contributed by atoms with E-state index in [-0.39, 0.29) is 6.04 Å². The van der Waals surface area contributed by atoms with E-state index in [4.69, 9.17) is 9.52 Å². The van der Waals surface area contributed by atoms with E-state index in [0.29, 0.717) is 0 Å². The quantitative estimate of drug-likeness (QED) is 0.763. The van der Waals surface area contributed by atoms with Crippen molar-refractivity contribution in [1.29, 1.82) is 0 Å². The van der Waals surface area contributed by atoms with Gasteiger partial charge in [0.2, 0.25) is 0 Å². The highest BCUT2D eigenvalue weighted by Crippen LogP contribution is 2.20. The zero-order valence-corrected chi connectivity index (χ0v) is 10.9. The van der Waals surface area contributed by atoms with Gasteiger partial charge in [0, 0.05) is 5.56 Å². The largest absolute Gasteiger partial charge is 0.480 e. The number of carbonyl (C=O) groups is 2. The minimum atomic E-state index is -1.08. The Hall–Kier alpha value is -1.98. The highest BCUT2D eigenvalue weighted by molar-refractivity contribution is 5.82. The molecule has 0 spiro atoms. The molecule has 2 unspecified atom stereocenters. The average molecular weight is 254 g/mol. The molecule has 1 aromatic rings. The SMILES string of the molecule is Cc1cc(C(C)NC(=O)NC(C)C(=O)O)c(C)o1. The number of aryl methyl sites for hydroxylation is 2. The molecule has 0 radical (unpaired) electrons. The molecule has 2 atom stereocenters. The highest BCUT2D eigenvalue weighted by Gasteiger charge is 2.18. The third kappa shape index (κ3) is 3.51. The summed E-state index contributed by atoms with van der Waals surface area (Å²) in [5.74, 6) is 0.440. The van der Waals surface area contributed by atoms with E-state index >= 15 is 0 Å². The number of urea groups is 1. The fourth-order valence-corrected chi connectivity index (χ4v) is 1.65. The number of carbonyl (C=O) groups excluding carboxylic acids is 1. The smallest absolute Gasteiger partial charge is 0.325 e. The Balaban J connectivity index is 2.60. The van der Waals surface area contributed by atoms with Gasteiger partial charge in [-0.3, -0.25) is 4.79 Å². The summed E-state index contributed by atoms with van der Waals surface area (Å²) in [6, 6.07) is 0.157. The van der Waals surface area contributed by atoms with Gasteiger partial charge >= 0.3 is 12.0 Å². The van der Waals surface area contributed by atoms with Crippen molar-refractivity contribution in [3.05, 3.63) is 23.2 Å². The number of nitrogens with one attached hydrogen (secondary N) is 2. The van der Waals surface area contributed by atoms with E-state index in [1.807, 2.05) is 26.8 Å². The van der Waals surface area contributed by atoms with Crippen LogP contribution in [0.3, 0.4) is 0 Å². The first-order chi connectivity index (χ1) is 8.31. The van der Waals surface area contributed by atoms with Crippen LogP contribution in [0.25, 0.3) is 0 Å². The fraction of sp³-hybridized carbons (Fsp3) is 0.500. The summed E-state index contributed by atoms with van der Waals surface area (Å²) in [4.78, 5) is 22.1. The molecule has 0 bridgehead atoms. The van der Waals surface area contributed by atoms with Gasteiger partial charge in [-0.05, 0) is 33.8 Å². The van der Waals surface area contributed by atoms with Gasteiger partial charge in [-0.1, -0.05) is 0 Å². The predicted octanol–water partition coefficient (Wildman–Crippen LogP) is 1.73. The minimum Gasteiger partial charge on any atom is -0.480 e. The summed E-state index contributed by atoms with van der Waals surface area (Å²) in [7, 11) is 0. The average Bonchev–Trinajstić information content (AvgIpc) is 2.57. The third-order valence-corrected chi connectivity index (χ3v) is 2.61. The number of aliphatic carboxylic acids is 1. The maximum atomic E-state index is 11.5. The molecule has 6 nitrogen and oxygen atoms in total. The van der Waals surface area contributed by atoms with Crippen LogP contribution in [0.15, 0.2) is 10.5 Å². The van der Waals surface area contributed by atoms with Crippen molar-refractivity contribution < 1.29 is 19.1 Å². The summed E-state index contributed by atoms with van der Waals surface area (Å²) in [5.41, 5.74) is 0.880. The van der Waals surface area contributed by atoms with Crippen LogP contribution in [0.4, 0.5) is 4.79 Å². The molecule has 1 heterocycles. The fourth-order valence-electron chi connectivity index (χ4n) is 1.65. The van der Waals surface area contributed by atoms with Crippen LogP contribution in [0.5, 0.6) is 0 Å². The van der Waals surface area contributed by atoms with Crippen molar-refractivity contribution in [2.75, 3.05) is 0 Å². The predicted molar refractivity (Wildman–Crippen MR) is 65.4 cm³/mol. The van der Waals surface area contributed by atoms with E-state index in [9.17, 15) is 9.59 Å². The number of rotatable bonds is 4. The van der Waals surface area contributed by atoms with Crippen LogP contribution >= 0.6 is 0 Å². The van der Waals surface area contributed by atoms with Crippen molar-refractivity contribution in [2.24, 2.45) is 0 Å². The molecule has 3 N–H and O–H groups in total. The standard InChI is InChI=1S/C12H18N2O4/c1-6-5-10(9(4)18-6)7(2)13-12(17)14-8(3)11(15)16/h5,7-8H,1-4H3,(H,15,16)(H2,13,14,17). The van der Waals surface area contributed by atoms with Crippen LogP contribution in [0.2, 0.25) is 0 Å². The van der Waals surface area contributed by atoms with E-state index in [0.717, 1.165) is 17.1 Å². The van der Waals surface area contributed by atoms with Crippen molar-refractivity contribution >= 4 is 12.0 Å². The number of hydrogen-bond donors (Lipinski definition) is 3. The van der Waals surface area contributed by atoms with Gasteiger partial charge in [-0.25, -0.2) is 4.79 Å². The summed E-state index contributed by atoms with van der Waals surface area (Å²) < 4.78 is 5.37. The molecule has 0 aromatic carbocycles. The molecular weight excluding hydrogens is 236 g/mol. The van der Waals surface area contributed by atoms with Crippen LogP contribution in [-0.2, 0) is 4.79 Å². The van der Waals surface area contributed by atoms with Gasteiger partial charge < -0.3 is 20.2 Å². The van der Waals surface area contributed by atoms with Gasteiger partial charge in [0.05, 0.1) is 6.04 Å². The molecule has 0 saturated heterocycles. The van der Waals surface area contributed by atoms with E-state index < -0.39 is 18.0 Å². The van der Waals surface area contributed by atoms with Gasteiger partial charge in [-0.2, -0.15) is 0 Å². The van der Waals surface area contributed by atoms with E-state index in [1.165, 1.54) is 6.92 Å². The van der Waals surface area contributed by atoms with Crippen LogP contribution < -0.4 is 10.6 Å². The summed E-state index contributed by atoms with van der Waals surface area (Å²) in [6.45, 7) is 6.86. The third-order valence-electron chi connectivity index (χ3n) is 2.61. The van der Waals surface area contributed by atoms with Gasteiger partial charge in [0.1, 0.15) is 17.6 Å². The molecule has 0 aliphatic carbocycles. The maximum Gasteiger partial charge on any atom is 0.325 e. The summed E-state index contributed by atoms with van der Waals surface area (Å²) in [5, 5.41) is 13.7. The molecule has 1 aromatic heterocycles. The molecule has 100 valence electrons. The number of hydrogen-bond acceptors (Lipinski definition) is 3. The number of carboxylic acid groups (broad SMARTS) is 1. The monoisotopic (exact) mass is 254 g/mol. The van der Waals surface area contributed by atoms with Crippen LogP contribution in [-0.4, -0.2) is 23.1 Å². The summed E-state index contributed by atoms with van der Waals surface area (Å²) in [6.07, 6.45) is 0. The first-order valence-electron chi connectivity index (χ1n) is 5.68. The normalized spacial score (nSPS) is 13.8.